The summed E-state index contributed by atoms with van der Waals surface area (Å²) in [6, 6.07) is 7.98. The molecular weight excluding hydrogens is 402 g/mol. The minimum Gasteiger partial charge on any atom is -0.446 e. The van der Waals surface area contributed by atoms with E-state index in [-0.39, 0.29) is 22.6 Å². The van der Waals surface area contributed by atoms with Crippen LogP contribution in [0.1, 0.15) is 28.4 Å². The molecule has 0 aliphatic carbocycles. The van der Waals surface area contributed by atoms with Crippen LogP contribution < -0.4 is 5.32 Å². The number of nitrogens with zero attached hydrogens (tertiary/aromatic N) is 1. The summed E-state index contributed by atoms with van der Waals surface area (Å²) < 4.78 is 88.0. The van der Waals surface area contributed by atoms with Gasteiger partial charge in [0, 0.05) is 29.4 Å². The summed E-state index contributed by atoms with van der Waals surface area (Å²) in [5.74, 6) is -1.16. The summed E-state index contributed by atoms with van der Waals surface area (Å²) in [7, 11) is 1.36. The van der Waals surface area contributed by atoms with Gasteiger partial charge in [0.25, 0.3) is 0 Å². The van der Waals surface area contributed by atoms with E-state index in [9.17, 15) is 31.1 Å². The summed E-state index contributed by atoms with van der Waals surface area (Å²) in [6.45, 7) is 1.28. The maximum Gasteiger partial charge on any atom is 0.442 e. The molecule has 2 aromatic carbocycles. The van der Waals surface area contributed by atoms with Gasteiger partial charge in [-0.05, 0) is 37.3 Å². The average Bonchev–Trinajstić information content (AvgIpc) is 2.64. The van der Waals surface area contributed by atoms with Crippen LogP contribution in [0.25, 0.3) is 0 Å². The Labute approximate surface area is 161 Å². The highest BCUT2D eigenvalue weighted by Gasteiger charge is 2.76. The zero-order valence-corrected chi connectivity index (χ0v) is 15.1. The summed E-state index contributed by atoms with van der Waals surface area (Å²) in [6.07, 6.45) is -11.7. The molecule has 154 valence electrons. The fraction of sp³-hybridized carbons (Fsp3) is 0.263. The van der Waals surface area contributed by atoms with Crippen molar-refractivity contribution < 1.29 is 35.9 Å². The van der Waals surface area contributed by atoms with Crippen molar-refractivity contribution in [2.24, 2.45) is 4.99 Å². The third-order valence-corrected chi connectivity index (χ3v) is 4.47. The molecule has 3 rings (SSSR count). The van der Waals surface area contributed by atoms with Crippen LogP contribution in [-0.2, 0) is 10.3 Å². The number of alkyl halides is 6. The van der Waals surface area contributed by atoms with Gasteiger partial charge in [0.15, 0.2) is 5.78 Å². The molecule has 0 spiro atoms. The predicted molar refractivity (Wildman–Crippen MR) is 93.5 cm³/mol. The summed E-state index contributed by atoms with van der Waals surface area (Å²) in [4.78, 5) is 15.2. The quantitative estimate of drug-likeness (QED) is 0.542. The highest BCUT2D eigenvalue weighted by Crippen LogP contribution is 2.57. The van der Waals surface area contributed by atoms with Gasteiger partial charge in [-0.15, -0.1) is 0 Å². The molecule has 1 aliphatic rings. The number of rotatable bonds is 3. The molecule has 0 radical (unpaired) electrons. The fourth-order valence-corrected chi connectivity index (χ4v) is 2.96. The van der Waals surface area contributed by atoms with Gasteiger partial charge >= 0.3 is 18.0 Å². The highest BCUT2D eigenvalue weighted by molar-refractivity contribution is 6.00. The summed E-state index contributed by atoms with van der Waals surface area (Å²) in [5, 5.41) is 2.51. The number of Topliss-reactive ketones (excluding diaryl/α,β-unsaturated/α-hetero) is 1. The lowest BCUT2D eigenvalue weighted by Gasteiger charge is -2.40. The lowest BCUT2D eigenvalue weighted by Crippen LogP contribution is -2.58. The number of carbonyl (C=O) groups excluding carboxylic acids is 1. The van der Waals surface area contributed by atoms with Crippen LogP contribution in [0.5, 0.6) is 0 Å². The smallest absolute Gasteiger partial charge is 0.442 e. The van der Waals surface area contributed by atoms with Crippen molar-refractivity contribution in [1.29, 1.82) is 0 Å². The molecule has 4 nitrogen and oxygen atoms in total. The normalized spacial score (nSPS) is 15.8. The van der Waals surface area contributed by atoms with Crippen molar-refractivity contribution in [3.8, 4) is 0 Å². The van der Waals surface area contributed by atoms with Crippen LogP contribution in [0, 0.1) is 0 Å². The van der Waals surface area contributed by atoms with Gasteiger partial charge in [0.05, 0.1) is 5.69 Å². The number of benzene rings is 2. The van der Waals surface area contributed by atoms with Gasteiger partial charge in [-0.1, -0.05) is 12.1 Å². The average molecular weight is 416 g/mol. The van der Waals surface area contributed by atoms with E-state index in [0.717, 1.165) is 12.1 Å². The third-order valence-electron chi connectivity index (χ3n) is 4.47. The van der Waals surface area contributed by atoms with Crippen molar-refractivity contribution in [1.82, 2.24) is 0 Å². The number of anilines is 1. The SMILES string of the molecule is CNc1ccc2c(c1)C(C(F)(F)F)(C(F)(F)F)OC(c1ccc(C(C)=O)cc1)=N2. The topological polar surface area (TPSA) is 50.7 Å². The molecule has 1 heterocycles. The molecule has 1 aliphatic heterocycles. The molecule has 0 amide bonds. The predicted octanol–water partition coefficient (Wildman–Crippen LogP) is 5.36. The molecule has 0 atom stereocenters. The van der Waals surface area contributed by atoms with E-state index < -0.39 is 35.1 Å². The lowest BCUT2D eigenvalue weighted by molar-refractivity contribution is -0.370. The van der Waals surface area contributed by atoms with Crippen LogP contribution in [-0.4, -0.2) is 31.1 Å². The highest BCUT2D eigenvalue weighted by atomic mass is 19.4. The van der Waals surface area contributed by atoms with Gasteiger partial charge < -0.3 is 10.1 Å². The van der Waals surface area contributed by atoms with Gasteiger partial charge in [-0.2, -0.15) is 26.3 Å². The number of ether oxygens (including phenoxy) is 1. The number of fused-ring (bicyclic) bond motifs is 1. The molecule has 29 heavy (non-hydrogen) atoms. The summed E-state index contributed by atoms with van der Waals surface area (Å²) in [5.41, 5.74) is -6.13. The largest absolute Gasteiger partial charge is 0.446 e. The standard InChI is InChI=1S/C19H14F6N2O2/c1-10(28)11-3-5-12(6-4-11)16-27-15-8-7-13(26-2)9-14(15)17(29-16,18(20,21)22)19(23,24)25/h3-9,26H,1-2H3. The van der Waals surface area contributed by atoms with Crippen molar-refractivity contribution in [3.05, 3.63) is 59.2 Å². The zero-order chi connectivity index (χ0) is 21.6. The van der Waals surface area contributed by atoms with Gasteiger partial charge in [-0.3, -0.25) is 4.79 Å². The number of hydrogen-bond acceptors (Lipinski definition) is 4. The maximum atomic E-state index is 13.9. The Kier molecular flexibility index (Phi) is 4.84. The molecular formula is C19H14F6N2O2. The third kappa shape index (κ3) is 3.32. The van der Waals surface area contributed by atoms with Crippen LogP contribution >= 0.6 is 0 Å². The molecule has 10 heteroatoms. The molecule has 0 fully saturated rings. The van der Waals surface area contributed by atoms with Crippen molar-refractivity contribution >= 4 is 23.1 Å². The minimum atomic E-state index is -5.83. The number of halogens is 6. The van der Waals surface area contributed by atoms with Crippen LogP contribution in [0.2, 0.25) is 0 Å². The number of hydrogen-bond donors (Lipinski definition) is 1. The van der Waals surface area contributed by atoms with E-state index in [1.807, 2.05) is 0 Å². The molecule has 2 aromatic rings. The molecule has 0 unspecified atom stereocenters. The Morgan fingerprint density at radius 3 is 2.07 bits per heavy atom. The first-order chi connectivity index (χ1) is 13.4. The Bertz CT molecular complexity index is 964. The molecule has 0 aromatic heterocycles. The molecule has 0 bridgehead atoms. The minimum absolute atomic E-state index is 0.0367. The van der Waals surface area contributed by atoms with Crippen LogP contribution in [0.4, 0.5) is 37.7 Å². The Hall–Kier alpha value is -3.04. The van der Waals surface area contributed by atoms with Gasteiger partial charge in [0.1, 0.15) is 0 Å². The Balaban J connectivity index is 2.27. The van der Waals surface area contributed by atoms with E-state index in [2.05, 4.69) is 15.0 Å². The Morgan fingerprint density at radius 1 is 1.00 bits per heavy atom. The van der Waals surface area contributed by atoms with E-state index in [0.29, 0.717) is 0 Å². The van der Waals surface area contributed by atoms with Crippen molar-refractivity contribution in [3.63, 3.8) is 0 Å². The fourth-order valence-electron chi connectivity index (χ4n) is 2.96. The second-order valence-electron chi connectivity index (χ2n) is 6.31. The number of aliphatic imine (C=N–C) groups is 1. The second-order valence-corrected chi connectivity index (χ2v) is 6.31. The second kappa shape index (κ2) is 6.78. The monoisotopic (exact) mass is 416 g/mol. The van der Waals surface area contributed by atoms with Crippen molar-refractivity contribution in [2.75, 3.05) is 12.4 Å². The molecule has 1 N–H and O–H groups in total. The van der Waals surface area contributed by atoms with Crippen LogP contribution in [0.3, 0.4) is 0 Å². The summed E-state index contributed by atoms with van der Waals surface area (Å²) >= 11 is 0. The van der Waals surface area contributed by atoms with Gasteiger partial charge in [-0.25, -0.2) is 4.99 Å². The number of carbonyl (C=O) groups is 1. The molecule has 0 saturated carbocycles. The molecule has 0 saturated heterocycles. The van der Waals surface area contributed by atoms with E-state index >= 15 is 0 Å². The van der Waals surface area contributed by atoms with E-state index in [1.165, 1.54) is 44.3 Å². The van der Waals surface area contributed by atoms with E-state index in [1.54, 1.807) is 0 Å². The number of nitrogens with one attached hydrogen (secondary N) is 1. The van der Waals surface area contributed by atoms with E-state index in [4.69, 9.17) is 0 Å². The van der Waals surface area contributed by atoms with Gasteiger partial charge in [0.2, 0.25) is 5.90 Å². The first-order valence-corrected chi connectivity index (χ1v) is 8.25. The lowest BCUT2D eigenvalue weighted by atomic mass is 9.88. The Morgan fingerprint density at radius 2 is 1.59 bits per heavy atom. The number of ketones is 1. The maximum absolute atomic E-state index is 13.9. The first kappa shape index (κ1) is 20.7. The van der Waals surface area contributed by atoms with Crippen molar-refractivity contribution in [2.45, 2.75) is 24.9 Å². The first-order valence-electron chi connectivity index (χ1n) is 8.25. The van der Waals surface area contributed by atoms with Crippen LogP contribution in [0.15, 0.2) is 47.5 Å². The zero-order valence-electron chi connectivity index (χ0n) is 15.1.